The number of aromatic nitrogens is 1. The van der Waals surface area contributed by atoms with E-state index in [4.69, 9.17) is 9.47 Å². The first-order valence-electron chi connectivity index (χ1n) is 7.11. The maximum atomic E-state index is 9.30. The fraction of sp³-hybridized carbons (Fsp3) is 0.353. The molecular formula is C17H18N2O2. The lowest BCUT2D eigenvalue weighted by Gasteiger charge is -2.23. The Morgan fingerprint density at radius 2 is 2.10 bits per heavy atom. The molecule has 0 unspecified atom stereocenters. The topological polar surface area (TPSA) is 47.2 Å². The van der Waals surface area contributed by atoms with Crippen molar-refractivity contribution in [2.45, 2.75) is 32.9 Å². The quantitative estimate of drug-likeness (QED) is 0.867. The van der Waals surface area contributed by atoms with Crippen LogP contribution in [0, 0.1) is 11.3 Å². The summed E-state index contributed by atoms with van der Waals surface area (Å²) in [5, 5.41) is 9.30. The average Bonchev–Trinajstić information content (AvgIpc) is 2.89. The number of benzene rings is 1. The van der Waals surface area contributed by atoms with E-state index >= 15 is 0 Å². The molecular weight excluding hydrogens is 264 g/mol. The van der Waals surface area contributed by atoms with Gasteiger partial charge in [-0.05, 0) is 44.0 Å². The zero-order valence-electron chi connectivity index (χ0n) is 12.5. The molecule has 0 aliphatic carbocycles. The molecule has 0 atom stereocenters. The van der Waals surface area contributed by atoms with Crippen molar-refractivity contribution in [1.29, 1.82) is 5.26 Å². The van der Waals surface area contributed by atoms with Gasteiger partial charge in [-0.2, -0.15) is 5.26 Å². The van der Waals surface area contributed by atoms with Crippen LogP contribution in [0.15, 0.2) is 24.4 Å². The molecule has 0 saturated heterocycles. The maximum Gasteiger partial charge on any atom is 0.162 e. The monoisotopic (exact) mass is 282 g/mol. The molecule has 0 spiro atoms. The lowest BCUT2D eigenvalue weighted by atomic mass is 9.96. The van der Waals surface area contributed by atoms with Gasteiger partial charge in [0.05, 0.1) is 24.5 Å². The highest BCUT2D eigenvalue weighted by molar-refractivity contribution is 5.75. The fourth-order valence-corrected chi connectivity index (χ4v) is 2.82. The molecule has 0 saturated carbocycles. The van der Waals surface area contributed by atoms with Crippen molar-refractivity contribution in [2.75, 3.05) is 7.11 Å². The van der Waals surface area contributed by atoms with Crippen molar-refractivity contribution >= 4 is 0 Å². The van der Waals surface area contributed by atoms with E-state index in [9.17, 15) is 5.26 Å². The number of nitriles is 1. The third-order valence-electron chi connectivity index (χ3n) is 3.71. The van der Waals surface area contributed by atoms with Gasteiger partial charge in [-0.25, -0.2) is 0 Å². The van der Waals surface area contributed by atoms with E-state index in [1.165, 1.54) is 5.56 Å². The van der Waals surface area contributed by atoms with Gasteiger partial charge in [-0.1, -0.05) is 0 Å². The molecule has 1 aliphatic heterocycles. The second-order valence-electron chi connectivity index (χ2n) is 5.46. The van der Waals surface area contributed by atoms with Crippen LogP contribution in [0.4, 0.5) is 0 Å². The Hall–Kier alpha value is -2.41. The molecule has 2 heterocycles. The van der Waals surface area contributed by atoms with E-state index in [1.807, 2.05) is 38.2 Å². The summed E-state index contributed by atoms with van der Waals surface area (Å²) in [5.41, 5.74) is 3.96. The van der Waals surface area contributed by atoms with Gasteiger partial charge in [0.15, 0.2) is 11.5 Å². The Morgan fingerprint density at radius 1 is 1.29 bits per heavy atom. The summed E-state index contributed by atoms with van der Waals surface area (Å²) in [6.07, 6.45) is 2.98. The van der Waals surface area contributed by atoms with Gasteiger partial charge in [0.25, 0.3) is 0 Å². The van der Waals surface area contributed by atoms with E-state index in [-0.39, 0.29) is 6.10 Å². The van der Waals surface area contributed by atoms with Gasteiger partial charge in [0.1, 0.15) is 6.07 Å². The third-order valence-corrected chi connectivity index (χ3v) is 3.71. The highest BCUT2D eigenvalue weighted by Crippen LogP contribution is 2.40. The van der Waals surface area contributed by atoms with Gasteiger partial charge < -0.3 is 14.0 Å². The Kier molecular flexibility index (Phi) is 3.34. The summed E-state index contributed by atoms with van der Waals surface area (Å²) in [4.78, 5) is 0. The lowest BCUT2D eigenvalue weighted by Crippen LogP contribution is -2.12. The molecule has 0 radical (unpaired) electrons. The van der Waals surface area contributed by atoms with Crippen molar-refractivity contribution in [3.8, 4) is 28.8 Å². The van der Waals surface area contributed by atoms with Gasteiger partial charge in [0.2, 0.25) is 0 Å². The predicted octanol–water partition coefficient (Wildman–Crippen LogP) is 3.38. The van der Waals surface area contributed by atoms with Crippen molar-refractivity contribution in [3.63, 3.8) is 0 Å². The fourth-order valence-electron chi connectivity index (χ4n) is 2.82. The number of aryl methyl sites for hydroxylation is 2. The zero-order valence-corrected chi connectivity index (χ0v) is 12.5. The highest BCUT2D eigenvalue weighted by Gasteiger charge is 2.22. The second-order valence-corrected chi connectivity index (χ2v) is 5.46. The molecule has 4 nitrogen and oxygen atoms in total. The van der Waals surface area contributed by atoms with Crippen LogP contribution in [0.1, 0.15) is 25.0 Å². The zero-order chi connectivity index (χ0) is 15.0. The van der Waals surface area contributed by atoms with Crippen molar-refractivity contribution < 1.29 is 9.47 Å². The van der Waals surface area contributed by atoms with Crippen LogP contribution in [0.5, 0.6) is 11.5 Å². The summed E-state index contributed by atoms with van der Waals surface area (Å²) in [6, 6.07) is 8.18. The molecule has 1 aromatic heterocycles. The summed E-state index contributed by atoms with van der Waals surface area (Å²) in [5.74, 6) is 1.48. The first kappa shape index (κ1) is 13.6. The van der Waals surface area contributed by atoms with Crippen LogP contribution in [0.25, 0.3) is 11.3 Å². The standard InChI is InChI=1S/C17H18N2O2/c1-11(2)21-16-9-14-12(8-15(16)20-3)4-6-19-7-5-13(10-18)17(14)19/h5,7-9,11H,4,6H2,1-3H3. The summed E-state index contributed by atoms with van der Waals surface area (Å²) < 4.78 is 13.4. The van der Waals surface area contributed by atoms with Gasteiger partial charge in [0, 0.05) is 18.3 Å². The van der Waals surface area contributed by atoms with Crippen molar-refractivity contribution in [3.05, 3.63) is 35.5 Å². The molecule has 0 N–H and O–H groups in total. The number of ether oxygens (including phenoxy) is 2. The number of fused-ring (bicyclic) bond motifs is 3. The lowest BCUT2D eigenvalue weighted by molar-refractivity contribution is 0.230. The second kappa shape index (κ2) is 5.17. The Morgan fingerprint density at radius 3 is 2.76 bits per heavy atom. The Balaban J connectivity index is 2.18. The highest BCUT2D eigenvalue weighted by atomic mass is 16.5. The average molecular weight is 282 g/mol. The smallest absolute Gasteiger partial charge is 0.162 e. The molecule has 4 heteroatoms. The Bertz CT molecular complexity index is 723. The van der Waals surface area contributed by atoms with Crippen molar-refractivity contribution in [1.82, 2.24) is 4.57 Å². The van der Waals surface area contributed by atoms with E-state index in [2.05, 4.69) is 10.6 Å². The minimum Gasteiger partial charge on any atom is -0.493 e. The summed E-state index contributed by atoms with van der Waals surface area (Å²) in [7, 11) is 1.65. The molecule has 1 aliphatic rings. The predicted molar refractivity (Wildman–Crippen MR) is 80.6 cm³/mol. The minimum atomic E-state index is 0.0720. The summed E-state index contributed by atoms with van der Waals surface area (Å²) >= 11 is 0. The molecule has 21 heavy (non-hydrogen) atoms. The van der Waals surface area contributed by atoms with Gasteiger partial charge >= 0.3 is 0 Å². The molecule has 0 bridgehead atoms. The number of methoxy groups -OCH3 is 1. The van der Waals surface area contributed by atoms with Crippen LogP contribution >= 0.6 is 0 Å². The van der Waals surface area contributed by atoms with Crippen LogP contribution < -0.4 is 9.47 Å². The van der Waals surface area contributed by atoms with Crippen LogP contribution in [0.3, 0.4) is 0 Å². The normalized spacial score (nSPS) is 12.5. The van der Waals surface area contributed by atoms with Gasteiger partial charge in [-0.3, -0.25) is 0 Å². The first-order valence-corrected chi connectivity index (χ1v) is 7.11. The van der Waals surface area contributed by atoms with Crippen LogP contribution in [0.2, 0.25) is 0 Å². The number of nitrogens with zero attached hydrogens (tertiary/aromatic N) is 2. The number of hydrogen-bond acceptors (Lipinski definition) is 3. The largest absolute Gasteiger partial charge is 0.493 e. The van der Waals surface area contributed by atoms with Crippen LogP contribution in [-0.4, -0.2) is 17.8 Å². The van der Waals surface area contributed by atoms with E-state index < -0.39 is 0 Å². The number of rotatable bonds is 3. The minimum absolute atomic E-state index is 0.0720. The van der Waals surface area contributed by atoms with Crippen LogP contribution in [-0.2, 0) is 13.0 Å². The van der Waals surface area contributed by atoms with E-state index in [0.717, 1.165) is 35.7 Å². The van der Waals surface area contributed by atoms with Crippen molar-refractivity contribution in [2.24, 2.45) is 0 Å². The molecule has 108 valence electrons. The SMILES string of the molecule is COc1cc2c(cc1OC(C)C)-c1c(C#N)ccn1CC2. The molecule has 0 fully saturated rings. The molecule has 3 rings (SSSR count). The van der Waals surface area contributed by atoms with Gasteiger partial charge in [-0.15, -0.1) is 0 Å². The molecule has 1 aromatic carbocycles. The third kappa shape index (κ3) is 2.25. The first-order chi connectivity index (χ1) is 10.1. The Labute approximate surface area is 124 Å². The molecule has 2 aromatic rings. The van der Waals surface area contributed by atoms with E-state index in [0.29, 0.717) is 5.56 Å². The maximum absolute atomic E-state index is 9.30. The number of hydrogen-bond donors (Lipinski definition) is 0. The summed E-state index contributed by atoms with van der Waals surface area (Å²) in [6.45, 7) is 4.86. The van der Waals surface area contributed by atoms with E-state index in [1.54, 1.807) is 7.11 Å². The molecule has 0 amide bonds.